The molecule has 0 atom stereocenters. The van der Waals surface area contributed by atoms with Crippen molar-refractivity contribution in [1.29, 1.82) is 0 Å². The first kappa shape index (κ1) is 24.8. The van der Waals surface area contributed by atoms with Gasteiger partial charge in [-0.15, -0.1) is 0 Å². The van der Waals surface area contributed by atoms with E-state index in [1.165, 1.54) is 12.0 Å². The van der Waals surface area contributed by atoms with Crippen molar-refractivity contribution in [2.75, 3.05) is 7.11 Å². The maximum Gasteiger partial charge on any atom is 0.311 e. The highest BCUT2D eigenvalue weighted by Gasteiger charge is 2.31. The van der Waals surface area contributed by atoms with E-state index in [1.54, 1.807) is 35.2 Å². The standard InChI is InChI=1S/C24H22FN5O5S/c1-3-28-12-16(11-26-28)13-29-23(31)19(27-24(29)36)9-15-4-7-21(34-2)17(8-15)14-35-22-10-18(25)5-6-20(22)30(32)33/h4-12H,3,13-14H2,1-2H3,(H,27,36)/b19-9+. The van der Waals surface area contributed by atoms with E-state index in [9.17, 15) is 19.3 Å². The van der Waals surface area contributed by atoms with Crippen molar-refractivity contribution < 1.29 is 23.6 Å². The molecule has 1 fully saturated rings. The Morgan fingerprint density at radius 2 is 2.06 bits per heavy atom. The number of amides is 1. The van der Waals surface area contributed by atoms with Crippen molar-refractivity contribution in [3.8, 4) is 11.5 Å². The summed E-state index contributed by atoms with van der Waals surface area (Å²) in [7, 11) is 1.47. The number of thiocarbonyl (C=S) groups is 1. The van der Waals surface area contributed by atoms with Crippen LogP contribution < -0.4 is 14.8 Å². The number of nitrogens with zero attached hydrogens (tertiary/aromatic N) is 4. The average Bonchev–Trinajstić information content (AvgIpc) is 3.42. The van der Waals surface area contributed by atoms with Gasteiger partial charge in [-0.3, -0.25) is 24.5 Å². The van der Waals surface area contributed by atoms with Crippen LogP contribution in [0.2, 0.25) is 0 Å². The third kappa shape index (κ3) is 5.33. The first-order valence-corrected chi connectivity index (χ1v) is 11.3. The number of ether oxygens (including phenoxy) is 2. The lowest BCUT2D eigenvalue weighted by molar-refractivity contribution is -0.386. The topological polar surface area (TPSA) is 112 Å². The Morgan fingerprint density at radius 1 is 1.25 bits per heavy atom. The summed E-state index contributed by atoms with van der Waals surface area (Å²) in [4.78, 5) is 25.0. The van der Waals surface area contributed by atoms with Gasteiger partial charge in [0.25, 0.3) is 5.91 Å². The fourth-order valence-corrected chi connectivity index (χ4v) is 3.89. The normalized spacial score (nSPS) is 14.3. The van der Waals surface area contributed by atoms with E-state index >= 15 is 0 Å². The Balaban J connectivity index is 1.54. The fraction of sp³-hybridized carbons (Fsp3) is 0.208. The van der Waals surface area contributed by atoms with E-state index in [1.807, 2.05) is 13.1 Å². The van der Waals surface area contributed by atoms with Crippen molar-refractivity contribution in [3.63, 3.8) is 0 Å². The van der Waals surface area contributed by atoms with Gasteiger partial charge in [-0.2, -0.15) is 5.10 Å². The summed E-state index contributed by atoms with van der Waals surface area (Å²) in [6, 6.07) is 8.13. The predicted molar refractivity (Wildman–Crippen MR) is 133 cm³/mol. The first-order chi connectivity index (χ1) is 17.3. The molecule has 1 aliphatic heterocycles. The summed E-state index contributed by atoms with van der Waals surface area (Å²) in [5.74, 6) is -0.680. The monoisotopic (exact) mass is 511 g/mol. The van der Waals surface area contributed by atoms with Crippen LogP contribution in [0.15, 0.2) is 54.5 Å². The van der Waals surface area contributed by atoms with Gasteiger partial charge in [0, 0.05) is 36.0 Å². The summed E-state index contributed by atoms with van der Waals surface area (Å²) in [6.07, 6.45) is 5.19. The molecule has 0 radical (unpaired) electrons. The molecule has 4 rings (SSSR count). The number of rotatable bonds is 9. The molecule has 1 N–H and O–H groups in total. The molecule has 1 amide bonds. The highest BCUT2D eigenvalue weighted by molar-refractivity contribution is 7.80. The minimum Gasteiger partial charge on any atom is -0.496 e. The van der Waals surface area contributed by atoms with E-state index in [0.29, 0.717) is 22.6 Å². The molecule has 0 unspecified atom stereocenters. The summed E-state index contributed by atoms with van der Waals surface area (Å²) in [6.45, 7) is 2.85. The van der Waals surface area contributed by atoms with Gasteiger partial charge in [0.15, 0.2) is 10.9 Å². The molecule has 10 nitrogen and oxygen atoms in total. The van der Waals surface area contributed by atoms with Gasteiger partial charge in [0.2, 0.25) is 0 Å². The minimum atomic E-state index is -0.658. The van der Waals surface area contributed by atoms with Crippen LogP contribution in [0.1, 0.15) is 23.6 Å². The molecule has 1 aliphatic rings. The van der Waals surface area contributed by atoms with Crippen LogP contribution >= 0.6 is 12.2 Å². The lowest BCUT2D eigenvalue weighted by atomic mass is 10.1. The van der Waals surface area contributed by atoms with Gasteiger partial charge >= 0.3 is 5.69 Å². The SMILES string of the molecule is CCn1cc(CN2C(=O)/C(=C\c3ccc(OC)c(COc4cc(F)ccc4[N+](=O)[O-])c3)NC2=S)cn1. The van der Waals surface area contributed by atoms with E-state index in [2.05, 4.69) is 10.4 Å². The number of benzene rings is 2. The van der Waals surface area contributed by atoms with Gasteiger partial charge in [-0.1, -0.05) is 6.07 Å². The minimum absolute atomic E-state index is 0.127. The molecule has 0 bridgehead atoms. The highest BCUT2D eigenvalue weighted by Crippen LogP contribution is 2.30. The maximum atomic E-state index is 13.6. The number of methoxy groups -OCH3 is 1. The van der Waals surface area contributed by atoms with Crippen molar-refractivity contribution in [2.45, 2.75) is 26.6 Å². The van der Waals surface area contributed by atoms with Crippen molar-refractivity contribution in [3.05, 3.63) is 87.1 Å². The highest BCUT2D eigenvalue weighted by atomic mass is 32.1. The Morgan fingerprint density at radius 3 is 2.75 bits per heavy atom. The molecular weight excluding hydrogens is 489 g/mol. The van der Waals surface area contributed by atoms with Crippen LogP contribution in [-0.4, -0.2) is 37.7 Å². The van der Waals surface area contributed by atoms with Crippen molar-refractivity contribution in [2.24, 2.45) is 0 Å². The Labute approximate surface area is 211 Å². The molecule has 1 saturated heterocycles. The zero-order valence-corrected chi connectivity index (χ0v) is 20.3. The van der Waals surface area contributed by atoms with Crippen LogP contribution in [0.4, 0.5) is 10.1 Å². The Bertz CT molecular complexity index is 1370. The molecular formula is C24H22FN5O5S. The molecule has 12 heteroatoms. The lowest BCUT2D eigenvalue weighted by Gasteiger charge is -2.12. The second-order valence-electron chi connectivity index (χ2n) is 7.81. The molecule has 1 aromatic heterocycles. The summed E-state index contributed by atoms with van der Waals surface area (Å²) in [5, 5.41) is 18.7. The van der Waals surface area contributed by atoms with E-state index in [0.717, 1.165) is 30.3 Å². The van der Waals surface area contributed by atoms with Gasteiger partial charge in [-0.05, 0) is 49.0 Å². The summed E-state index contributed by atoms with van der Waals surface area (Å²) in [5.41, 5.74) is 1.98. The quantitative estimate of drug-likeness (QED) is 0.200. The number of nitro benzene ring substituents is 1. The molecule has 2 heterocycles. The van der Waals surface area contributed by atoms with Crippen LogP contribution in [0.25, 0.3) is 6.08 Å². The fourth-order valence-electron chi connectivity index (χ4n) is 3.64. The molecule has 0 aliphatic carbocycles. The Hall–Kier alpha value is -4.32. The zero-order valence-electron chi connectivity index (χ0n) is 19.4. The molecule has 0 saturated carbocycles. The second kappa shape index (κ2) is 10.5. The van der Waals surface area contributed by atoms with E-state index < -0.39 is 10.7 Å². The van der Waals surface area contributed by atoms with Crippen LogP contribution in [0.5, 0.6) is 11.5 Å². The molecule has 0 spiro atoms. The van der Waals surface area contributed by atoms with E-state index in [4.69, 9.17) is 21.7 Å². The number of aryl methyl sites for hydroxylation is 1. The zero-order chi connectivity index (χ0) is 25.8. The van der Waals surface area contributed by atoms with Gasteiger partial charge < -0.3 is 14.8 Å². The summed E-state index contributed by atoms with van der Waals surface area (Å²) < 4.78 is 26.3. The number of carbonyl (C=O) groups is 1. The van der Waals surface area contributed by atoms with Crippen LogP contribution in [-0.2, 0) is 24.5 Å². The van der Waals surface area contributed by atoms with Crippen molar-refractivity contribution >= 4 is 35.0 Å². The number of hydrogen-bond acceptors (Lipinski definition) is 7. The van der Waals surface area contributed by atoms with Crippen LogP contribution in [0.3, 0.4) is 0 Å². The largest absolute Gasteiger partial charge is 0.496 e. The van der Waals surface area contributed by atoms with Gasteiger partial charge in [0.1, 0.15) is 23.9 Å². The maximum absolute atomic E-state index is 13.6. The molecule has 2 aromatic carbocycles. The summed E-state index contributed by atoms with van der Waals surface area (Å²) >= 11 is 5.35. The number of carbonyl (C=O) groups excluding carboxylic acids is 1. The third-order valence-corrected chi connectivity index (χ3v) is 5.75. The first-order valence-electron chi connectivity index (χ1n) is 10.9. The average molecular weight is 512 g/mol. The molecule has 3 aromatic rings. The number of nitro groups is 1. The number of nitrogens with one attached hydrogen (secondary N) is 1. The predicted octanol–water partition coefficient (Wildman–Crippen LogP) is 3.80. The van der Waals surface area contributed by atoms with Crippen LogP contribution in [0, 0.1) is 15.9 Å². The molecule has 186 valence electrons. The number of hydrogen-bond donors (Lipinski definition) is 1. The third-order valence-electron chi connectivity index (χ3n) is 5.43. The lowest BCUT2D eigenvalue weighted by Crippen LogP contribution is -2.29. The second-order valence-corrected chi connectivity index (χ2v) is 8.20. The van der Waals surface area contributed by atoms with Gasteiger partial charge in [-0.25, -0.2) is 4.39 Å². The number of halogens is 1. The van der Waals surface area contributed by atoms with E-state index in [-0.39, 0.29) is 35.6 Å². The number of aromatic nitrogens is 2. The van der Waals surface area contributed by atoms with Gasteiger partial charge in [0.05, 0.1) is 24.8 Å². The molecule has 36 heavy (non-hydrogen) atoms. The Kier molecular flexibility index (Phi) is 7.25. The smallest absolute Gasteiger partial charge is 0.311 e. The van der Waals surface area contributed by atoms with Crippen molar-refractivity contribution in [1.82, 2.24) is 20.0 Å².